The number of nitrogens with zero attached hydrogens (tertiary/aromatic N) is 4. The molecule has 2 N–H and O–H groups in total. The molecule has 1 amide bonds. The largest absolute Gasteiger partial charge is 0.491 e. The first kappa shape index (κ1) is 30.4. The summed E-state index contributed by atoms with van der Waals surface area (Å²) in [6.07, 6.45) is 2.28. The molecule has 0 saturated heterocycles. The van der Waals surface area contributed by atoms with Crippen molar-refractivity contribution in [2.24, 2.45) is 0 Å². The summed E-state index contributed by atoms with van der Waals surface area (Å²) in [6.45, 7) is 8.26. The Bertz CT molecular complexity index is 1810. The lowest BCUT2D eigenvalue weighted by Crippen LogP contribution is -2.27. The lowest BCUT2D eigenvalue weighted by molar-refractivity contribution is -0.116. The number of hydrogen-bond acceptors (Lipinski definition) is 9. The highest BCUT2D eigenvalue weighted by Gasteiger charge is 2.20. The van der Waals surface area contributed by atoms with E-state index >= 15 is 0 Å². The van der Waals surface area contributed by atoms with Gasteiger partial charge in [0.25, 0.3) is 0 Å². The Morgan fingerprint density at radius 3 is 2.57 bits per heavy atom. The monoisotopic (exact) mass is 596 g/mol. The zero-order valence-electron chi connectivity index (χ0n) is 25.5. The molecule has 11 heteroatoms. The maximum atomic E-state index is 12.7. The Balaban J connectivity index is 1.52. The van der Waals surface area contributed by atoms with Crippen LogP contribution in [-0.2, 0) is 14.3 Å². The minimum Gasteiger partial charge on any atom is -0.491 e. The van der Waals surface area contributed by atoms with Gasteiger partial charge in [0.15, 0.2) is 5.82 Å². The van der Waals surface area contributed by atoms with E-state index in [1.165, 1.54) is 4.68 Å². The van der Waals surface area contributed by atoms with Gasteiger partial charge in [0.2, 0.25) is 5.91 Å². The Hall–Kier alpha value is -5.03. The number of ether oxygens (including phenoxy) is 3. The van der Waals surface area contributed by atoms with Crippen molar-refractivity contribution in [2.75, 3.05) is 31.0 Å². The van der Waals surface area contributed by atoms with Gasteiger partial charge in [-0.05, 0) is 75.7 Å². The van der Waals surface area contributed by atoms with Gasteiger partial charge in [-0.15, -0.1) is 0 Å². The van der Waals surface area contributed by atoms with Gasteiger partial charge in [-0.1, -0.05) is 19.1 Å². The van der Waals surface area contributed by atoms with Gasteiger partial charge < -0.3 is 24.8 Å². The fourth-order valence-corrected chi connectivity index (χ4v) is 4.55. The van der Waals surface area contributed by atoms with Gasteiger partial charge in [-0.3, -0.25) is 4.79 Å². The van der Waals surface area contributed by atoms with Crippen molar-refractivity contribution in [3.8, 4) is 17.1 Å². The molecule has 2 heterocycles. The minimum atomic E-state index is -0.643. The molecular formula is C33H36N6O5. The Labute approximate surface area is 255 Å². The fraction of sp³-hybridized carbons (Fsp3) is 0.303. The Morgan fingerprint density at radius 1 is 0.955 bits per heavy atom. The quantitative estimate of drug-likeness (QED) is 0.165. The summed E-state index contributed by atoms with van der Waals surface area (Å²) in [5.41, 5.74) is 2.84. The zero-order chi connectivity index (χ0) is 31.3. The van der Waals surface area contributed by atoms with Gasteiger partial charge in [0.1, 0.15) is 23.8 Å². The van der Waals surface area contributed by atoms with Gasteiger partial charge in [0.05, 0.1) is 23.8 Å². The summed E-state index contributed by atoms with van der Waals surface area (Å²) in [5.74, 6) is 1.65. The summed E-state index contributed by atoms with van der Waals surface area (Å²) in [4.78, 5) is 34.6. The van der Waals surface area contributed by atoms with E-state index < -0.39 is 11.7 Å². The van der Waals surface area contributed by atoms with E-state index in [1.54, 1.807) is 19.4 Å². The third kappa shape index (κ3) is 7.30. The van der Waals surface area contributed by atoms with Crippen LogP contribution in [0.4, 0.5) is 22.0 Å². The molecule has 5 rings (SSSR count). The van der Waals surface area contributed by atoms with E-state index in [0.717, 1.165) is 28.4 Å². The highest BCUT2D eigenvalue weighted by atomic mass is 16.6. The molecule has 0 aliphatic carbocycles. The molecule has 11 nitrogen and oxygen atoms in total. The molecular weight excluding hydrogens is 560 g/mol. The van der Waals surface area contributed by atoms with E-state index in [0.29, 0.717) is 53.7 Å². The first-order valence-corrected chi connectivity index (χ1v) is 14.5. The number of fused-ring (bicyclic) bond motifs is 2. The standard InChI is InChI=1S/C33H36N6O5/c1-6-8-29(40)35-23-10-7-9-21(17-23)30-37-27-13-12-25(43-16-15-42-5)19-26(27)31(38-30)36-24-11-14-28-22(18-24)20-34-39(28)32(41)44-33(2,3)4/h7,9-14,17-20H,6,8,15-16H2,1-5H3,(H,35,40)(H,36,37,38). The van der Waals surface area contributed by atoms with Crippen LogP contribution in [-0.4, -0.2) is 57.7 Å². The predicted octanol–water partition coefficient (Wildman–Crippen LogP) is 6.94. The highest BCUT2D eigenvalue weighted by molar-refractivity contribution is 5.96. The van der Waals surface area contributed by atoms with E-state index in [-0.39, 0.29) is 5.91 Å². The second kappa shape index (κ2) is 13.1. The number of amides is 1. The molecule has 228 valence electrons. The second-order valence-electron chi connectivity index (χ2n) is 11.2. The number of carbonyl (C=O) groups excluding carboxylic acids is 2. The van der Waals surface area contributed by atoms with E-state index in [4.69, 9.17) is 24.2 Å². The van der Waals surface area contributed by atoms with Crippen LogP contribution < -0.4 is 15.4 Å². The molecule has 0 aliphatic heterocycles. The van der Waals surface area contributed by atoms with Crippen molar-refractivity contribution in [3.05, 3.63) is 66.9 Å². The lowest BCUT2D eigenvalue weighted by Gasteiger charge is -2.19. The van der Waals surface area contributed by atoms with Crippen LogP contribution in [0.25, 0.3) is 33.2 Å². The Morgan fingerprint density at radius 2 is 1.80 bits per heavy atom. The van der Waals surface area contributed by atoms with E-state index in [9.17, 15) is 9.59 Å². The molecule has 44 heavy (non-hydrogen) atoms. The maximum Gasteiger partial charge on any atom is 0.435 e. The third-order valence-corrected chi connectivity index (χ3v) is 6.50. The van der Waals surface area contributed by atoms with Gasteiger partial charge >= 0.3 is 6.09 Å². The highest BCUT2D eigenvalue weighted by Crippen LogP contribution is 2.32. The second-order valence-corrected chi connectivity index (χ2v) is 11.2. The van der Waals surface area contributed by atoms with Crippen LogP contribution in [0.3, 0.4) is 0 Å². The minimum absolute atomic E-state index is 0.0437. The lowest BCUT2D eigenvalue weighted by atomic mass is 10.1. The number of methoxy groups -OCH3 is 1. The SMILES string of the molecule is CCCC(=O)Nc1cccc(-c2nc(Nc3ccc4c(cnn4C(=O)OC(C)(C)C)c3)c3cc(OCCOC)ccc3n2)c1. The number of aromatic nitrogens is 4. The molecule has 0 atom stereocenters. The van der Waals surface area contributed by atoms with Crippen LogP contribution in [0.1, 0.15) is 40.5 Å². The fourth-order valence-electron chi connectivity index (χ4n) is 4.55. The first-order chi connectivity index (χ1) is 21.1. The van der Waals surface area contributed by atoms with E-state index in [2.05, 4.69) is 15.7 Å². The zero-order valence-corrected chi connectivity index (χ0v) is 25.5. The average Bonchev–Trinajstić information content (AvgIpc) is 3.40. The predicted molar refractivity (Wildman–Crippen MR) is 171 cm³/mol. The van der Waals surface area contributed by atoms with Crippen molar-refractivity contribution in [2.45, 2.75) is 46.1 Å². The molecule has 3 aromatic carbocycles. The van der Waals surface area contributed by atoms with Crippen molar-refractivity contribution >= 4 is 51.0 Å². The van der Waals surface area contributed by atoms with Crippen LogP contribution in [0.2, 0.25) is 0 Å². The first-order valence-electron chi connectivity index (χ1n) is 14.5. The maximum absolute atomic E-state index is 12.7. The van der Waals surface area contributed by atoms with Gasteiger partial charge in [-0.2, -0.15) is 9.78 Å². The van der Waals surface area contributed by atoms with Crippen molar-refractivity contribution in [1.29, 1.82) is 0 Å². The molecule has 0 fully saturated rings. The molecule has 0 unspecified atom stereocenters. The third-order valence-electron chi connectivity index (χ3n) is 6.50. The van der Waals surface area contributed by atoms with Crippen LogP contribution in [0.15, 0.2) is 66.9 Å². The van der Waals surface area contributed by atoms with Crippen LogP contribution >= 0.6 is 0 Å². The topological polar surface area (TPSA) is 129 Å². The summed E-state index contributed by atoms with van der Waals surface area (Å²) in [6, 6.07) is 18.6. The number of rotatable bonds is 10. The molecule has 0 saturated carbocycles. The summed E-state index contributed by atoms with van der Waals surface area (Å²) >= 11 is 0. The van der Waals surface area contributed by atoms with Crippen molar-refractivity contribution in [3.63, 3.8) is 0 Å². The van der Waals surface area contributed by atoms with Crippen molar-refractivity contribution in [1.82, 2.24) is 19.7 Å². The number of nitrogens with one attached hydrogen (secondary N) is 2. The molecule has 0 bridgehead atoms. The normalized spacial score (nSPS) is 11.5. The summed E-state index contributed by atoms with van der Waals surface area (Å²) in [7, 11) is 1.62. The average molecular weight is 597 g/mol. The molecule has 0 aliphatic rings. The van der Waals surface area contributed by atoms with Gasteiger partial charge in [0, 0.05) is 41.2 Å². The van der Waals surface area contributed by atoms with Crippen molar-refractivity contribution < 1.29 is 23.8 Å². The Kier molecular flexibility index (Phi) is 9.05. The molecule has 0 radical (unpaired) electrons. The van der Waals surface area contributed by atoms with E-state index in [1.807, 2.05) is 82.3 Å². The molecule has 0 spiro atoms. The molecule has 2 aromatic heterocycles. The molecule has 5 aromatic rings. The van der Waals surface area contributed by atoms with Gasteiger partial charge in [-0.25, -0.2) is 14.8 Å². The smallest absolute Gasteiger partial charge is 0.435 e. The van der Waals surface area contributed by atoms with Crippen LogP contribution in [0, 0.1) is 0 Å². The number of carbonyl (C=O) groups is 2. The number of anilines is 3. The summed E-state index contributed by atoms with van der Waals surface area (Å²) in [5, 5.41) is 12.1. The van der Waals surface area contributed by atoms with Crippen LogP contribution in [0.5, 0.6) is 5.75 Å². The number of hydrogen-bond donors (Lipinski definition) is 2. The number of benzene rings is 3. The summed E-state index contributed by atoms with van der Waals surface area (Å²) < 4.78 is 17.7.